The van der Waals surface area contributed by atoms with Gasteiger partial charge in [0.05, 0.1) is 5.69 Å². The minimum Gasteiger partial charge on any atom is -0.480 e. The van der Waals surface area contributed by atoms with Gasteiger partial charge < -0.3 is 15.3 Å². The van der Waals surface area contributed by atoms with E-state index >= 15 is 0 Å². The van der Waals surface area contributed by atoms with Gasteiger partial charge in [0.1, 0.15) is 0 Å². The predicted octanol–water partition coefficient (Wildman–Crippen LogP) is 1.08. The maximum Gasteiger partial charge on any atom is 0.319 e. The van der Waals surface area contributed by atoms with E-state index in [4.69, 9.17) is 5.11 Å². The summed E-state index contributed by atoms with van der Waals surface area (Å²) in [4.78, 5) is 29.5. The Balaban J connectivity index is 1.90. The maximum atomic E-state index is 12.1. The van der Waals surface area contributed by atoms with Gasteiger partial charge in [0, 0.05) is 43.1 Å². The number of hydrogen-bond donors (Lipinski definition) is 2. The molecular formula is C15H17N3O3. The molecule has 6 heteroatoms. The number of rotatable bonds is 2. The Labute approximate surface area is 122 Å². The van der Waals surface area contributed by atoms with Crippen LogP contribution in [0.5, 0.6) is 0 Å². The molecule has 0 amide bonds. The lowest BCUT2D eigenvalue weighted by atomic mass is 9.94. The second-order valence-electron chi connectivity index (χ2n) is 5.46. The van der Waals surface area contributed by atoms with E-state index in [9.17, 15) is 9.59 Å². The van der Waals surface area contributed by atoms with Gasteiger partial charge in [-0.3, -0.25) is 14.6 Å². The molecule has 110 valence electrons. The van der Waals surface area contributed by atoms with E-state index in [1.807, 2.05) is 12.1 Å². The van der Waals surface area contributed by atoms with E-state index < -0.39 is 17.7 Å². The number of hydrogen-bond acceptors (Lipinski definition) is 5. The van der Waals surface area contributed by atoms with Crippen molar-refractivity contribution in [2.24, 2.45) is 10.9 Å². The Morgan fingerprint density at radius 1 is 1.48 bits per heavy atom. The molecule has 1 fully saturated rings. The van der Waals surface area contributed by atoms with Crippen LogP contribution in [0, 0.1) is 5.92 Å². The van der Waals surface area contributed by atoms with Gasteiger partial charge in [0.15, 0.2) is 11.7 Å². The van der Waals surface area contributed by atoms with Gasteiger partial charge in [0.2, 0.25) is 0 Å². The Bertz CT molecular complexity index is 627. The number of anilines is 1. The van der Waals surface area contributed by atoms with Crippen molar-refractivity contribution in [3.05, 3.63) is 23.8 Å². The number of nitrogens with zero attached hydrogens (tertiary/aromatic N) is 2. The maximum absolute atomic E-state index is 12.1. The molecule has 1 saturated heterocycles. The molecule has 2 aliphatic heterocycles. The standard InChI is InChI=1S/C15H17N3O3/c1-9-8-18(5-4-16-9)10-2-3-11-13(6-10)17-7-12(14(11)19)15(20)21/h2-3,6-7,9,12,16H,4-5,8H2,1H3,(H,20,21). The highest BCUT2D eigenvalue weighted by molar-refractivity contribution is 6.22. The van der Waals surface area contributed by atoms with Crippen molar-refractivity contribution < 1.29 is 14.7 Å². The fourth-order valence-electron chi connectivity index (χ4n) is 2.76. The summed E-state index contributed by atoms with van der Waals surface area (Å²) in [5.74, 6) is -2.72. The van der Waals surface area contributed by atoms with Gasteiger partial charge in [-0.05, 0) is 25.1 Å². The molecule has 0 aliphatic carbocycles. The van der Waals surface area contributed by atoms with Crippen molar-refractivity contribution in [2.45, 2.75) is 13.0 Å². The highest BCUT2D eigenvalue weighted by atomic mass is 16.4. The van der Waals surface area contributed by atoms with Crippen molar-refractivity contribution >= 4 is 29.3 Å². The number of carbonyl (C=O) groups excluding carboxylic acids is 1. The van der Waals surface area contributed by atoms with Gasteiger partial charge in [-0.1, -0.05) is 0 Å². The van der Waals surface area contributed by atoms with Gasteiger partial charge >= 0.3 is 5.97 Å². The highest BCUT2D eigenvalue weighted by Gasteiger charge is 2.30. The molecular weight excluding hydrogens is 270 g/mol. The number of piperazine rings is 1. The largest absolute Gasteiger partial charge is 0.480 e. The van der Waals surface area contributed by atoms with Crippen LogP contribution in [0.2, 0.25) is 0 Å². The van der Waals surface area contributed by atoms with Gasteiger partial charge in [-0.15, -0.1) is 0 Å². The number of carboxylic acid groups (broad SMARTS) is 1. The molecule has 0 spiro atoms. The molecule has 0 aromatic heterocycles. The third-order valence-corrected chi connectivity index (χ3v) is 3.89. The van der Waals surface area contributed by atoms with Crippen molar-refractivity contribution in [3.63, 3.8) is 0 Å². The third-order valence-electron chi connectivity index (χ3n) is 3.89. The SMILES string of the molecule is CC1CN(c2ccc3c(c2)N=CC(C(=O)O)C3=O)CCN1. The Hall–Kier alpha value is -2.21. The van der Waals surface area contributed by atoms with Crippen LogP contribution in [0.1, 0.15) is 17.3 Å². The fourth-order valence-corrected chi connectivity index (χ4v) is 2.76. The molecule has 0 bridgehead atoms. The average Bonchev–Trinajstić information content (AvgIpc) is 2.47. The van der Waals surface area contributed by atoms with Crippen LogP contribution in [0.25, 0.3) is 0 Å². The molecule has 2 N–H and O–H groups in total. The number of nitrogens with one attached hydrogen (secondary N) is 1. The molecule has 2 unspecified atom stereocenters. The molecule has 21 heavy (non-hydrogen) atoms. The van der Waals surface area contributed by atoms with Crippen LogP contribution in [-0.2, 0) is 4.79 Å². The number of Topliss-reactive ketones (excluding diaryl/α,β-unsaturated/α-hetero) is 1. The summed E-state index contributed by atoms with van der Waals surface area (Å²) in [7, 11) is 0. The molecule has 6 nitrogen and oxygen atoms in total. The Morgan fingerprint density at radius 3 is 3.00 bits per heavy atom. The van der Waals surface area contributed by atoms with Crippen molar-refractivity contribution in [1.82, 2.24) is 5.32 Å². The number of carbonyl (C=O) groups is 2. The molecule has 1 aromatic rings. The first-order valence-electron chi connectivity index (χ1n) is 7.00. The second kappa shape index (κ2) is 5.29. The lowest BCUT2D eigenvalue weighted by Gasteiger charge is -2.34. The summed E-state index contributed by atoms with van der Waals surface area (Å²) < 4.78 is 0. The van der Waals surface area contributed by atoms with Crippen molar-refractivity contribution in [3.8, 4) is 0 Å². The number of aliphatic imine (C=N–C) groups is 1. The summed E-state index contributed by atoms with van der Waals surface area (Å²) in [6, 6.07) is 5.83. The fraction of sp³-hybridized carbons (Fsp3) is 0.400. The first kappa shape index (κ1) is 13.8. The van der Waals surface area contributed by atoms with Gasteiger partial charge in [0.25, 0.3) is 0 Å². The van der Waals surface area contributed by atoms with Crippen LogP contribution in [-0.4, -0.2) is 48.7 Å². The predicted molar refractivity (Wildman–Crippen MR) is 79.7 cm³/mol. The first-order valence-corrected chi connectivity index (χ1v) is 7.00. The summed E-state index contributed by atoms with van der Waals surface area (Å²) in [5.41, 5.74) is 1.96. The van der Waals surface area contributed by atoms with E-state index in [0.717, 1.165) is 25.3 Å². The van der Waals surface area contributed by atoms with Crippen LogP contribution in [0.15, 0.2) is 23.2 Å². The number of fused-ring (bicyclic) bond motifs is 1. The first-order chi connectivity index (χ1) is 10.1. The van der Waals surface area contributed by atoms with Crippen molar-refractivity contribution in [1.29, 1.82) is 0 Å². The highest BCUT2D eigenvalue weighted by Crippen LogP contribution is 2.31. The molecule has 0 radical (unpaired) electrons. The summed E-state index contributed by atoms with van der Waals surface area (Å²) in [6.45, 7) is 4.85. The quantitative estimate of drug-likeness (QED) is 0.796. The van der Waals surface area contributed by atoms with Crippen LogP contribution in [0.3, 0.4) is 0 Å². The number of benzene rings is 1. The van der Waals surface area contributed by atoms with E-state index in [0.29, 0.717) is 17.3 Å². The number of carboxylic acids is 1. The van der Waals surface area contributed by atoms with Crippen LogP contribution in [0.4, 0.5) is 11.4 Å². The second-order valence-corrected chi connectivity index (χ2v) is 5.46. The normalized spacial score (nSPS) is 24.8. The molecule has 1 aromatic carbocycles. The van der Waals surface area contributed by atoms with Gasteiger partial charge in [-0.25, -0.2) is 0 Å². The molecule has 2 aliphatic rings. The van der Waals surface area contributed by atoms with E-state index in [1.165, 1.54) is 6.21 Å². The van der Waals surface area contributed by atoms with Gasteiger partial charge in [-0.2, -0.15) is 0 Å². The average molecular weight is 287 g/mol. The summed E-state index contributed by atoms with van der Waals surface area (Å²) in [6.07, 6.45) is 1.22. The van der Waals surface area contributed by atoms with Crippen LogP contribution >= 0.6 is 0 Å². The lowest BCUT2D eigenvalue weighted by Crippen LogP contribution is -2.49. The Kier molecular flexibility index (Phi) is 3.47. The minimum absolute atomic E-state index is 0.386. The summed E-state index contributed by atoms with van der Waals surface area (Å²) >= 11 is 0. The molecule has 3 rings (SSSR count). The third kappa shape index (κ3) is 2.54. The topological polar surface area (TPSA) is 82.0 Å². The zero-order chi connectivity index (χ0) is 15.0. The Morgan fingerprint density at radius 2 is 2.29 bits per heavy atom. The molecule has 2 heterocycles. The number of ketones is 1. The lowest BCUT2D eigenvalue weighted by molar-refractivity contribution is -0.137. The summed E-state index contributed by atoms with van der Waals surface area (Å²) in [5, 5.41) is 12.4. The minimum atomic E-state index is -1.16. The van der Waals surface area contributed by atoms with Crippen molar-refractivity contribution in [2.75, 3.05) is 24.5 Å². The molecule has 0 saturated carbocycles. The van der Waals surface area contributed by atoms with Crippen LogP contribution < -0.4 is 10.2 Å². The van der Waals surface area contributed by atoms with E-state index in [1.54, 1.807) is 6.07 Å². The zero-order valence-electron chi connectivity index (χ0n) is 11.7. The molecule has 2 atom stereocenters. The monoisotopic (exact) mass is 287 g/mol. The zero-order valence-corrected chi connectivity index (χ0v) is 11.7. The smallest absolute Gasteiger partial charge is 0.319 e. The number of aliphatic carboxylic acids is 1. The van der Waals surface area contributed by atoms with E-state index in [-0.39, 0.29) is 0 Å². The van der Waals surface area contributed by atoms with E-state index in [2.05, 4.69) is 22.1 Å².